The molecule has 2 rings (SSSR count). The second-order valence-electron chi connectivity index (χ2n) is 2.90. The lowest BCUT2D eigenvalue weighted by Gasteiger charge is -2.05. The SMILES string of the molecule is Nc1cc2ccsc2c(C(=O)O)c1N. The fourth-order valence-corrected chi connectivity index (χ4v) is 2.29. The largest absolute Gasteiger partial charge is 0.478 e. The molecule has 2 aromatic rings. The van der Waals surface area contributed by atoms with Gasteiger partial charge in [0.1, 0.15) is 5.56 Å². The van der Waals surface area contributed by atoms with Gasteiger partial charge in [0, 0.05) is 0 Å². The average Bonchev–Trinajstić information content (AvgIpc) is 2.52. The van der Waals surface area contributed by atoms with Gasteiger partial charge in [0.15, 0.2) is 0 Å². The van der Waals surface area contributed by atoms with Gasteiger partial charge in [-0.3, -0.25) is 0 Å². The molecular weight excluding hydrogens is 200 g/mol. The van der Waals surface area contributed by atoms with Crippen LogP contribution in [0.1, 0.15) is 10.4 Å². The number of rotatable bonds is 1. The maximum absolute atomic E-state index is 11.0. The highest BCUT2D eigenvalue weighted by molar-refractivity contribution is 7.17. The maximum atomic E-state index is 11.0. The third kappa shape index (κ3) is 1.10. The lowest BCUT2D eigenvalue weighted by molar-refractivity contribution is 0.0700. The monoisotopic (exact) mass is 208 g/mol. The third-order valence-corrected chi connectivity index (χ3v) is 2.98. The van der Waals surface area contributed by atoms with E-state index >= 15 is 0 Å². The van der Waals surface area contributed by atoms with Crippen LogP contribution < -0.4 is 11.5 Å². The number of nitrogens with two attached hydrogens (primary N) is 2. The Morgan fingerprint density at radius 3 is 2.79 bits per heavy atom. The molecule has 0 unspecified atom stereocenters. The number of hydrogen-bond donors (Lipinski definition) is 3. The Morgan fingerprint density at radius 2 is 2.14 bits per heavy atom. The summed E-state index contributed by atoms with van der Waals surface area (Å²) in [6.07, 6.45) is 0. The first kappa shape index (κ1) is 8.83. The molecule has 4 nitrogen and oxygen atoms in total. The van der Waals surface area contributed by atoms with Crippen LogP contribution in [0.15, 0.2) is 17.5 Å². The van der Waals surface area contributed by atoms with Gasteiger partial charge in [-0.2, -0.15) is 0 Å². The third-order valence-electron chi connectivity index (χ3n) is 2.03. The molecule has 0 amide bonds. The lowest BCUT2D eigenvalue weighted by atomic mass is 10.1. The van der Waals surface area contributed by atoms with Gasteiger partial charge in [-0.25, -0.2) is 4.79 Å². The average molecular weight is 208 g/mol. The molecule has 1 aromatic carbocycles. The van der Waals surface area contributed by atoms with Gasteiger partial charge in [-0.05, 0) is 22.9 Å². The first-order chi connectivity index (χ1) is 6.61. The van der Waals surface area contributed by atoms with Gasteiger partial charge >= 0.3 is 5.97 Å². The highest BCUT2D eigenvalue weighted by Crippen LogP contribution is 2.33. The van der Waals surface area contributed by atoms with E-state index in [-0.39, 0.29) is 11.3 Å². The lowest BCUT2D eigenvalue weighted by Crippen LogP contribution is -2.05. The molecule has 0 aliphatic carbocycles. The molecule has 14 heavy (non-hydrogen) atoms. The van der Waals surface area contributed by atoms with E-state index in [1.807, 2.05) is 11.4 Å². The molecule has 5 N–H and O–H groups in total. The zero-order valence-electron chi connectivity index (χ0n) is 7.15. The number of thiophene rings is 1. The second-order valence-corrected chi connectivity index (χ2v) is 3.81. The number of aromatic carboxylic acids is 1. The quantitative estimate of drug-likeness (QED) is 0.623. The van der Waals surface area contributed by atoms with Crippen molar-refractivity contribution in [1.29, 1.82) is 0 Å². The molecule has 0 bridgehead atoms. The van der Waals surface area contributed by atoms with E-state index in [1.165, 1.54) is 11.3 Å². The van der Waals surface area contributed by atoms with Crippen molar-refractivity contribution in [3.05, 3.63) is 23.1 Å². The van der Waals surface area contributed by atoms with Crippen LogP contribution in [0.5, 0.6) is 0 Å². The number of anilines is 2. The van der Waals surface area contributed by atoms with Crippen LogP contribution in [0.2, 0.25) is 0 Å². The second kappa shape index (κ2) is 2.88. The molecule has 1 heterocycles. The van der Waals surface area contributed by atoms with Gasteiger partial charge in [0.05, 0.1) is 16.1 Å². The van der Waals surface area contributed by atoms with Crippen LogP contribution in [0.25, 0.3) is 10.1 Å². The van der Waals surface area contributed by atoms with E-state index in [0.29, 0.717) is 10.4 Å². The molecule has 0 aliphatic rings. The standard InChI is InChI=1S/C9H8N2O2S/c10-5-3-4-1-2-14-8(4)6(7(5)11)9(12)13/h1-3H,10-11H2,(H,12,13). The minimum Gasteiger partial charge on any atom is -0.478 e. The van der Waals surface area contributed by atoms with Crippen molar-refractivity contribution in [1.82, 2.24) is 0 Å². The van der Waals surface area contributed by atoms with Crippen LogP contribution >= 0.6 is 11.3 Å². The number of fused-ring (bicyclic) bond motifs is 1. The predicted molar refractivity (Wildman–Crippen MR) is 57.6 cm³/mol. The van der Waals surface area contributed by atoms with E-state index in [4.69, 9.17) is 16.6 Å². The molecule has 0 saturated carbocycles. The molecule has 0 spiro atoms. The van der Waals surface area contributed by atoms with Crippen LogP contribution in [0.4, 0.5) is 11.4 Å². The molecule has 0 aliphatic heterocycles. The molecule has 1 aromatic heterocycles. The topological polar surface area (TPSA) is 89.3 Å². The minimum absolute atomic E-state index is 0.106. The van der Waals surface area contributed by atoms with Gasteiger partial charge in [-0.15, -0.1) is 11.3 Å². The summed E-state index contributed by atoms with van der Waals surface area (Å²) < 4.78 is 0.671. The Morgan fingerprint density at radius 1 is 1.43 bits per heavy atom. The number of nitrogen functional groups attached to an aromatic ring is 2. The van der Waals surface area contributed by atoms with Crippen LogP contribution in [0, 0.1) is 0 Å². The van der Waals surface area contributed by atoms with Crippen molar-refractivity contribution in [2.24, 2.45) is 0 Å². The Labute approximate surface area is 83.8 Å². The first-order valence-electron chi connectivity index (χ1n) is 3.89. The van der Waals surface area contributed by atoms with Crippen LogP contribution in [0.3, 0.4) is 0 Å². The predicted octanol–water partition coefficient (Wildman–Crippen LogP) is 1.76. The summed E-state index contributed by atoms with van der Waals surface area (Å²) in [6.45, 7) is 0. The summed E-state index contributed by atoms with van der Waals surface area (Å²) in [5, 5.41) is 11.6. The van der Waals surface area contributed by atoms with Crippen molar-refractivity contribution < 1.29 is 9.90 Å². The normalized spacial score (nSPS) is 10.6. The zero-order chi connectivity index (χ0) is 10.3. The van der Waals surface area contributed by atoms with E-state index in [9.17, 15) is 4.79 Å². The Bertz CT molecular complexity index is 519. The number of carboxylic acids is 1. The Kier molecular flexibility index (Phi) is 1.82. The van der Waals surface area contributed by atoms with Gasteiger partial charge in [0.25, 0.3) is 0 Å². The van der Waals surface area contributed by atoms with E-state index < -0.39 is 5.97 Å². The Hall–Kier alpha value is -1.75. The zero-order valence-corrected chi connectivity index (χ0v) is 7.97. The molecule has 0 saturated heterocycles. The van der Waals surface area contributed by atoms with Gasteiger partial charge in [-0.1, -0.05) is 0 Å². The molecular formula is C9H8N2O2S. The number of hydrogen-bond acceptors (Lipinski definition) is 4. The fraction of sp³-hybridized carbons (Fsp3) is 0. The van der Waals surface area contributed by atoms with Gasteiger partial charge < -0.3 is 16.6 Å². The van der Waals surface area contributed by atoms with Crippen molar-refractivity contribution >= 4 is 38.8 Å². The van der Waals surface area contributed by atoms with E-state index in [0.717, 1.165) is 5.39 Å². The molecule has 5 heteroatoms. The summed E-state index contributed by atoms with van der Waals surface area (Å²) in [6, 6.07) is 3.51. The van der Waals surface area contributed by atoms with Crippen molar-refractivity contribution in [3.63, 3.8) is 0 Å². The summed E-state index contributed by atoms with van der Waals surface area (Å²) in [4.78, 5) is 11.0. The summed E-state index contributed by atoms with van der Waals surface area (Å²) in [5.41, 5.74) is 11.8. The van der Waals surface area contributed by atoms with Crippen LogP contribution in [-0.2, 0) is 0 Å². The van der Waals surface area contributed by atoms with E-state index in [2.05, 4.69) is 0 Å². The number of carboxylic acid groups (broad SMARTS) is 1. The van der Waals surface area contributed by atoms with E-state index in [1.54, 1.807) is 6.07 Å². The summed E-state index contributed by atoms with van der Waals surface area (Å²) in [7, 11) is 0. The van der Waals surface area contributed by atoms with Crippen LogP contribution in [-0.4, -0.2) is 11.1 Å². The van der Waals surface area contributed by atoms with Crippen molar-refractivity contribution in [2.45, 2.75) is 0 Å². The molecule has 72 valence electrons. The smallest absolute Gasteiger partial charge is 0.339 e. The highest BCUT2D eigenvalue weighted by Gasteiger charge is 2.16. The summed E-state index contributed by atoms with van der Waals surface area (Å²) in [5.74, 6) is -1.04. The molecule has 0 fully saturated rings. The first-order valence-corrected chi connectivity index (χ1v) is 4.77. The maximum Gasteiger partial charge on any atom is 0.339 e. The molecule has 0 atom stereocenters. The highest BCUT2D eigenvalue weighted by atomic mass is 32.1. The van der Waals surface area contributed by atoms with Gasteiger partial charge in [0.2, 0.25) is 0 Å². The molecule has 0 radical (unpaired) electrons. The fourth-order valence-electron chi connectivity index (χ4n) is 1.36. The van der Waals surface area contributed by atoms with Crippen molar-refractivity contribution in [3.8, 4) is 0 Å². The summed E-state index contributed by atoms with van der Waals surface area (Å²) >= 11 is 1.35. The number of benzene rings is 1. The Balaban J connectivity index is 2.93. The number of carbonyl (C=O) groups is 1. The minimum atomic E-state index is -1.04. The van der Waals surface area contributed by atoms with Crippen molar-refractivity contribution in [2.75, 3.05) is 11.5 Å².